The van der Waals surface area contributed by atoms with Crippen molar-refractivity contribution in [2.75, 3.05) is 19.9 Å². The van der Waals surface area contributed by atoms with Gasteiger partial charge >= 0.3 is 0 Å². The van der Waals surface area contributed by atoms with Crippen LogP contribution in [0.5, 0.6) is 11.5 Å². The summed E-state index contributed by atoms with van der Waals surface area (Å²) in [7, 11) is 0. The Morgan fingerprint density at radius 2 is 1.26 bits per heavy atom. The SMILES string of the molecule is CCOc1ccc(OCC2CCC(c3ccc(C4CCC(/C=C/CF)CC4)cc3)CC2)c(F)c1F. The summed E-state index contributed by atoms with van der Waals surface area (Å²) in [6.07, 6.45) is 12.5. The summed E-state index contributed by atoms with van der Waals surface area (Å²) < 4.78 is 51.4. The maximum absolute atomic E-state index is 14.3. The molecular weight excluding hydrogens is 449 g/mol. The Balaban J connectivity index is 1.23. The molecule has 0 aromatic heterocycles. The molecule has 0 radical (unpaired) electrons. The minimum absolute atomic E-state index is 0.0452. The molecule has 2 aromatic carbocycles. The third kappa shape index (κ3) is 6.62. The number of hydrogen-bond acceptors (Lipinski definition) is 2. The maximum atomic E-state index is 14.3. The lowest BCUT2D eigenvalue weighted by molar-refractivity contribution is 0.191. The molecule has 2 aliphatic rings. The van der Waals surface area contributed by atoms with Crippen LogP contribution in [0.3, 0.4) is 0 Å². The second-order valence-electron chi connectivity index (χ2n) is 10.0. The highest BCUT2D eigenvalue weighted by Crippen LogP contribution is 2.39. The summed E-state index contributed by atoms with van der Waals surface area (Å²) in [5.74, 6) is -0.0565. The molecule has 0 unspecified atom stereocenters. The first kappa shape index (κ1) is 25.7. The van der Waals surface area contributed by atoms with Crippen LogP contribution in [0.4, 0.5) is 13.2 Å². The zero-order valence-corrected chi connectivity index (χ0v) is 20.7. The van der Waals surface area contributed by atoms with Crippen LogP contribution in [-0.4, -0.2) is 19.9 Å². The normalized spacial score (nSPS) is 25.0. The lowest BCUT2D eigenvalue weighted by Crippen LogP contribution is -2.19. The molecule has 190 valence electrons. The number of rotatable bonds is 9. The van der Waals surface area contributed by atoms with Gasteiger partial charge in [-0.05, 0) is 105 Å². The molecule has 0 atom stereocenters. The fourth-order valence-electron chi connectivity index (χ4n) is 5.69. The molecule has 2 nitrogen and oxygen atoms in total. The van der Waals surface area contributed by atoms with Crippen LogP contribution in [0.25, 0.3) is 0 Å². The standard InChI is InChI=1S/C30H37F3O2/c1-2-34-27-17-18-28(30(33)29(27)32)35-20-22-7-11-24(12-8-22)26-15-13-25(14-16-26)23-9-5-21(6-10-23)4-3-19-31/h3-4,13-18,21-24H,2,5-12,19-20H2,1H3/b4-3+. The van der Waals surface area contributed by atoms with Gasteiger partial charge in [0.05, 0.1) is 13.2 Å². The van der Waals surface area contributed by atoms with Gasteiger partial charge in [-0.3, -0.25) is 0 Å². The lowest BCUT2D eigenvalue weighted by atomic mass is 9.76. The van der Waals surface area contributed by atoms with Crippen molar-refractivity contribution in [3.05, 3.63) is 71.3 Å². The van der Waals surface area contributed by atoms with Gasteiger partial charge in [0, 0.05) is 0 Å². The average Bonchev–Trinajstić information content (AvgIpc) is 2.90. The smallest absolute Gasteiger partial charge is 0.204 e. The van der Waals surface area contributed by atoms with Crippen molar-refractivity contribution >= 4 is 0 Å². The molecule has 2 saturated carbocycles. The molecule has 0 saturated heterocycles. The molecule has 0 bridgehead atoms. The second kappa shape index (κ2) is 12.5. The Kier molecular flexibility index (Phi) is 9.17. The van der Waals surface area contributed by atoms with Crippen LogP contribution in [-0.2, 0) is 0 Å². The number of hydrogen-bond donors (Lipinski definition) is 0. The van der Waals surface area contributed by atoms with E-state index in [2.05, 4.69) is 24.3 Å². The Labute approximate surface area is 207 Å². The molecule has 0 heterocycles. The third-order valence-corrected chi connectivity index (χ3v) is 7.78. The van der Waals surface area contributed by atoms with Crippen LogP contribution in [0.1, 0.15) is 81.3 Å². The molecule has 0 N–H and O–H groups in total. The lowest BCUT2D eigenvalue weighted by Gasteiger charge is -2.30. The first-order chi connectivity index (χ1) is 17.1. The molecule has 5 heteroatoms. The highest BCUT2D eigenvalue weighted by Gasteiger charge is 2.25. The fraction of sp³-hybridized carbons (Fsp3) is 0.533. The van der Waals surface area contributed by atoms with E-state index in [1.807, 2.05) is 6.08 Å². The molecule has 35 heavy (non-hydrogen) atoms. The van der Waals surface area contributed by atoms with Crippen molar-refractivity contribution in [2.45, 2.75) is 70.1 Å². The Hall–Kier alpha value is -2.43. The molecular formula is C30H37F3O2. The van der Waals surface area contributed by atoms with Gasteiger partial charge in [-0.1, -0.05) is 36.4 Å². The van der Waals surface area contributed by atoms with Crippen molar-refractivity contribution in [1.29, 1.82) is 0 Å². The first-order valence-electron chi connectivity index (χ1n) is 13.1. The summed E-state index contributed by atoms with van der Waals surface area (Å²) in [5.41, 5.74) is 2.82. The fourth-order valence-corrected chi connectivity index (χ4v) is 5.69. The molecule has 0 aliphatic heterocycles. The van der Waals surface area contributed by atoms with Crippen LogP contribution >= 0.6 is 0 Å². The van der Waals surface area contributed by atoms with Gasteiger partial charge in [0.2, 0.25) is 11.6 Å². The number of halogens is 3. The average molecular weight is 487 g/mol. The minimum atomic E-state index is -0.988. The van der Waals surface area contributed by atoms with Gasteiger partial charge in [-0.25, -0.2) is 4.39 Å². The Morgan fingerprint density at radius 3 is 1.77 bits per heavy atom. The predicted molar refractivity (Wildman–Crippen MR) is 134 cm³/mol. The largest absolute Gasteiger partial charge is 0.491 e. The van der Waals surface area contributed by atoms with Gasteiger partial charge in [0.1, 0.15) is 6.67 Å². The Bertz CT molecular complexity index is 956. The summed E-state index contributed by atoms with van der Waals surface area (Å²) >= 11 is 0. The first-order valence-corrected chi connectivity index (χ1v) is 13.1. The van der Waals surface area contributed by atoms with Crippen molar-refractivity contribution < 1.29 is 22.6 Å². The summed E-state index contributed by atoms with van der Waals surface area (Å²) in [4.78, 5) is 0. The zero-order chi connectivity index (χ0) is 24.6. The molecule has 2 fully saturated rings. The number of benzene rings is 2. The quantitative estimate of drug-likeness (QED) is 0.331. The number of allylic oxidation sites excluding steroid dienone is 2. The Morgan fingerprint density at radius 1 is 0.743 bits per heavy atom. The van der Waals surface area contributed by atoms with E-state index in [1.165, 1.54) is 36.1 Å². The maximum Gasteiger partial charge on any atom is 0.204 e. The molecule has 0 spiro atoms. The van der Waals surface area contributed by atoms with E-state index in [0.29, 0.717) is 30.3 Å². The second-order valence-corrected chi connectivity index (χ2v) is 10.0. The number of alkyl halides is 1. The van der Waals surface area contributed by atoms with Gasteiger partial charge in [0.25, 0.3) is 0 Å². The monoisotopic (exact) mass is 486 g/mol. The van der Waals surface area contributed by atoms with Crippen LogP contribution in [0, 0.1) is 23.5 Å². The van der Waals surface area contributed by atoms with Gasteiger partial charge in [-0.15, -0.1) is 0 Å². The van der Waals surface area contributed by atoms with Crippen LogP contribution in [0.15, 0.2) is 48.6 Å². The van der Waals surface area contributed by atoms with Crippen molar-refractivity contribution in [3.63, 3.8) is 0 Å². The van der Waals surface area contributed by atoms with E-state index >= 15 is 0 Å². The van der Waals surface area contributed by atoms with E-state index in [1.54, 1.807) is 13.0 Å². The molecule has 4 rings (SSSR count). The van der Waals surface area contributed by atoms with E-state index in [4.69, 9.17) is 9.47 Å². The van der Waals surface area contributed by atoms with Crippen molar-refractivity contribution in [1.82, 2.24) is 0 Å². The highest BCUT2D eigenvalue weighted by atomic mass is 19.2. The third-order valence-electron chi connectivity index (χ3n) is 7.78. The summed E-state index contributed by atoms with van der Waals surface area (Å²) in [6.45, 7) is 2.05. The van der Waals surface area contributed by atoms with E-state index in [-0.39, 0.29) is 24.8 Å². The van der Waals surface area contributed by atoms with Gasteiger partial charge < -0.3 is 9.47 Å². The van der Waals surface area contributed by atoms with E-state index in [0.717, 1.165) is 38.5 Å². The topological polar surface area (TPSA) is 18.5 Å². The van der Waals surface area contributed by atoms with Gasteiger partial charge in [-0.2, -0.15) is 8.78 Å². The molecule has 2 aliphatic carbocycles. The van der Waals surface area contributed by atoms with Crippen molar-refractivity contribution in [2.24, 2.45) is 11.8 Å². The van der Waals surface area contributed by atoms with E-state index in [9.17, 15) is 13.2 Å². The van der Waals surface area contributed by atoms with Crippen molar-refractivity contribution in [3.8, 4) is 11.5 Å². The van der Waals surface area contributed by atoms with Gasteiger partial charge in [0.15, 0.2) is 11.5 Å². The van der Waals surface area contributed by atoms with Crippen LogP contribution < -0.4 is 9.47 Å². The highest BCUT2D eigenvalue weighted by molar-refractivity contribution is 5.35. The van der Waals surface area contributed by atoms with Crippen LogP contribution in [0.2, 0.25) is 0 Å². The minimum Gasteiger partial charge on any atom is -0.491 e. The number of ether oxygens (including phenoxy) is 2. The molecule has 0 amide bonds. The predicted octanol–water partition coefficient (Wildman–Crippen LogP) is 8.52. The van der Waals surface area contributed by atoms with E-state index < -0.39 is 11.6 Å². The zero-order valence-electron chi connectivity index (χ0n) is 20.7. The summed E-state index contributed by atoms with van der Waals surface area (Å²) in [6, 6.07) is 12.1. The molecule has 2 aromatic rings. The summed E-state index contributed by atoms with van der Waals surface area (Å²) in [5, 5.41) is 0.